The third-order valence-electron chi connectivity index (χ3n) is 4.51. The van der Waals surface area contributed by atoms with E-state index in [0.29, 0.717) is 17.8 Å². The number of ketones is 1. The summed E-state index contributed by atoms with van der Waals surface area (Å²) in [6.07, 6.45) is 3.89. The standard InChI is InChI=1S/C15H21N3O/c1-11(19)14-7-4-8-15(16-14)18-9-12-5-3-6-13(10-18)17(12)2/h4,7-8,12-13H,3,5-6,9-10H2,1-2H3. The summed E-state index contributed by atoms with van der Waals surface area (Å²) in [6.45, 7) is 3.63. The normalized spacial score (nSPS) is 27.4. The van der Waals surface area contributed by atoms with E-state index in [2.05, 4.69) is 21.8 Å². The number of fused-ring (bicyclic) bond motifs is 2. The summed E-state index contributed by atoms with van der Waals surface area (Å²) in [5.74, 6) is 0.994. The number of aromatic nitrogens is 1. The van der Waals surface area contributed by atoms with E-state index in [0.717, 1.165) is 18.9 Å². The number of Topliss-reactive ketones (excluding diaryl/α,β-unsaturated/α-hetero) is 1. The second-order valence-electron chi connectivity index (χ2n) is 5.75. The van der Waals surface area contributed by atoms with Crippen molar-refractivity contribution in [2.45, 2.75) is 38.3 Å². The van der Waals surface area contributed by atoms with E-state index in [1.54, 1.807) is 13.0 Å². The molecule has 4 heteroatoms. The molecule has 3 rings (SSSR count). The molecular weight excluding hydrogens is 238 g/mol. The van der Waals surface area contributed by atoms with Gasteiger partial charge in [-0.1, -0.05) is 12.5 Å². The van der Waals surface area contributed by atoms with E-state index in [1.165, 1.54) is 19.3 Å². The minimum Gasteiger partial charge on any atom is -0.353 e. The summed E-state index contributed by atoms with van der Waals surface area (Å²) in [4.78, 5) is 20.8. The van der Waals surface area contributed by atoms with Gasteiger partial charge in [0, 0.05) is 32.1 Å². The smallest absolute Gasteiger partial charge is 0.178 e. The molecule has 2 aliphatic heterocycles. The molecule has 2 bridgehead atoms. The fraction of sp³-hybridized carbons (Fsp3) is 0.600. The predicted molar refractivity (Wildman–Crippen MR) is 75.6 cm³/mol. The Morgan fingerprint density at radius 1 is 1.26 bits per heavy atom. The maximum atomic E-state index is 11.4. The molecule has 2 fully saturated rings. The van der Waals surface area contributed by atoms with Crippen molar-refractivity contribution in [3.8, 4) is 0 Å². The highest BCUT2D eigenvalue weighted by Crippen LogP contribution is 2.29. The highest BCUT2D eigenvalue weighted by molar-refractivity contribution is 5.92. The number of rotatable bonds is 2. The molecule has 3 heterocycles. The zero-order valence-electron chi connectivity index (χ0n) is 11.7. The van der Waals surface area contributed by atoms with Gasteiger partial charge in [-0.25, -0.2) is 4.98 Å². The maximum Gasteiger partial charge on any atom is 0.178 e. The molecule has 0 spiro atoms. The van der Waals surface area contributed by atoms with E-state index >= 15 is 0 Å². The predicted octanol–water partition coefficient (Wildman–Crippen LogP) is 1.96. The molecule has 0 radical (unpaired) electrons. The molecule has 0 N–H and O–H groups in total. The van der Waals surface area contributed by atoms with Gasteiger partial charge >= 0.3 is 0 Å². The van der Waals surface area contributed by atoms with Gasteiger partial charge in [0.2, 0.25) is 0 Å². The van der Waals surface area contributed by atoms with Crippen molar-refractivity contribution in [2.24, 2.45) is 0 Å². The lowest BCUT2D eigenvalue weighted by Gasteiger charge is -2.48. The largest absolute Gasteiger partial charge is 0.353 e. The van der Waals surface area contributed by atoms with Crippen LogP contribution in [0.25, 0.3) is 0 Å². The number of likely N-dealkylation sites (N-methyl/N-ethyl adjacent to an activating group) is 1. The Labute approximate surface area is 114 Å². The molecule has 0 amide bonds. The third-order valence-corrected chi connectivity index (χ3v) is 4.51. The monoisotopic (exact) mass is 259 g/mol. The summed E-state index contributed by atoms with van der Waals surface area (Å²) in [7, 11) is 2.24. The number of carbonyl (C=O) groups is 1. The van der Waals surface area contributed by atoms with E-state index in [-0.39, 0.29) is 5.78 Å². The number of carbonyl (C=O) groups excluding carboxylic acids is 1. The maximum absolute atomic E-state index is 11.4. The first-order valence-corrected chi connectivity index (χ1v) is 7.10. The van der Waals surface area contributed by atoms with Crippen LogP contribution in [-0.2, 0) is 0 Å². The topological polar surface area (TPSA) is 36.4 Å². The van der Waals surface area contributed by atoms with E-state index < -0.39 is 0 Å². The Balaban J connectivity index is 1.83. The van der Waals surface area contributed by atoms with Gasteiger partial charge in [0.1, 0.15) is 11.5 Å². The van der Waals surface area contributed by atoms with Gasteiger partial charge < -0.3 is 4.90 Å². The lowest BCUT2D eigenvalue weighted by atomic mass is 9.92. The fourth-order valence-corrected chi connectivity index (χ4v) is 3.30. The molecule has 19 heavy (non-hydrogen) atoms. The van der Waals surface area contributed by atoms with Crippen molar-refractivity contribution in [3.05, 3.63) is 23.9 Å². The molecule has 102 valence electrons. The summed E-state index contributed by atoms with van der Waals surface area (Å²) < 4.78 is 0. The molecule has 1 aromatic rings. The quantitative estimate of drug-likeness (QED) is 0.761. The van der Waals surface area contributed by atoms with Crippen LogP contribution >= 0.6 is 0 Å². The Hall–Kier alpha value is -1.42. The SMILES string of the molecule is CC(=O)c1cccc(N2CC3CCCC(C2)N3C)n1. The zero-order chi connectivity index (χ0) is 13.4. The Kier molecular flexibility index (Phi) is 3.27. The molecule has 1 aromatic heterocycles. The molecule has 2 atom stereocenters. The second-order valence-corrected chi connectivity index (χ2v) is 5.75. The van der Waals surface area contributed by atoms with Gasteiger partial charge in [-0.3, -0.25) is 9.69 Å². The molecule has 0 saturated carbocycles. The van der Waals surface area contributed by atoms with Crippen LogP contribution in [0.15, 0.2) is 18.2 Å². The summed E-state index contributed by atoms with van der Waals surface area (Å²) in [5.41, 5.74) is 0.571. The van der Waals surface area contributed by atoms with Crippen LogP contribution in [-0.4, -0.2) is 47.9 Å². The van der Waals surface area contributed by atoms with Gasteiger partial charge in [-0.05, 0) is 32.0 Å². The lowest BCUT2D eigenvalue weighted by Crippen LogP contribution is -2.59. The van der Waals surface area contributed by atoms with Crippen LogP contribution in [0.4, 0.5) is 5.82 Å². The Bertz CT molecular complexity index is 474. The number of piperidine rings is 1. The Morgan fingerprint density at radius 3 is 2.58 bits per heavy atom. The summed E-state index contributed by atoms with van der Waals surface area (Å²) in [5, 5.41) is 0. The summed E-state index contributed by atoms with van der Waals surface area (Å²) in [6, 6.07) is 7.02. The first kappa shape index (κ1) is 12.6. The highest BCUT2D eigenvalue weighted by atomic mass is 16.1. The van der Waals surface area contributed by atoms with Crippen LogP contribution in [0.5, 0.6) is 0 Å². The molecule has 0 aromatic carbocycles. The Morgan fingerprint density at radius 2 is 1.95 bits per heavy atom. The number of hydrogen-bond acceptors (Lipinski definition) is 4. The fourth-order valence-electron chi connectivity index (χ4n) is 3.30. The van der Waals surface area contributed by atoms with Gasteiger partial charge in [-0.15, -0.1) is 0 Å². The molecule has 0 aliphatic carbocycles. The molecule has 2 aliphatic rings. The van der Waals surface area contributed by atoms with Crippen molar-refractivity contribution in [3.63, 3.8) is 0 Å². The van der Waals surface area contributed by atoms with Gasteiger partial charge in [-0.2, -0.15) is 0 Å². The van der Waals surface area contributed by atoms with Crippen molar-refractivity contribution in [2.75, 3.05) is 25.0 Å². The number of anilines is 1. The highest BCUT2D eigenvalue weighted by Gasteiger charge is 2.35. The van der Waals surface area contributed by atoms with Crippen LogP contribution in [0.3, 0.4) is 0 Å². The van der Waals surface area contributed by atoms with Crippen molar-refractivity contribution in [1.82, 2.24) is 9.88 Å². The first-order chi connectivity index (χ1) is 9.15. The van der Waals surface area contributed by atoms with E-state index in [4.69, 9.17) is 0 Å². The number of hydrogen-bond donors (Lipinski definition) is 0. The first-order valence-electron chi connectivity index (χ1n) is 7.10. The number of pyridine rings is 1. The van der Waals surface area contributed by atoms with Crippen molar-refractivity contribution >= 4 is 11.6 Å². The van der Waals surface area contributed by atoms with Gasteiger partial charge in [0.15, 0.2) is 5.78 Å². The zero-order valence-corrected chi connectivity index (χ0v) is 11.7. The molecule has 4 nitrogen and oxygen atoms in total. The second kappa shape index (κ2) is 4.93. The molecular formula is C15H21N3O. The minimum absolute atomic E-state index is 0.0381. The number of piperazine rings is 1. The molecule has 2 unspecified atom stereocenters. The third kappa shape index (κ3) is 2.37. The average Bonchev–Trinajstić information content (AvgIpc) is 2.38. The van der Waals surface area contributed by atoms with Crippen molar-refractivity contribution in [1.29, 1.82) is 0 Å². The van der Waals surface area contributed by atoms with E-state index in [9.17, 15) is 4.79 Å². The number of nitrogens with zero attached hydrogens (tertiary/aromatic N) is 3. The van der Waals surface area contributed by atoms with Crippen LogP contribution in [0.1, 0.15) is 36.7 Å². The van der Waals surface area contributed by atoms with Gasteiger partial charge in [0.05, 0.1) is 0 Å². The molecule has 2 saturated heterocycles. The van der Waals surface area contributed by atoms with E-state index in [1.807, 2.05) is 12.1 Å². The van der Waals surface area contributed by atoms with Crippen LogP contribution in [0, 0.1) is 0 Å². The van der Waals surface area contributed by atoms with Crippen LogP contribution in [0.2, 0.25) is 0 Å². The summed E-state index contributed by atoms with van der Waals surface area (Å²) >= 11 is 0. The minimum atomic E-state index is 0.0381. The van der Waals surface area contributed by atoms with Crippen LogP contribution < -0.4 is 4.90 Å². The average molecular weight is 259 g/mol. The lowest BCUT2D eigenvalue weighted by molar-refractivity contribution is 0.0946. The van der Waals surface area contributed by atoms with Gasteiger partial charge in [0.25, 0.3) is 0 Å². The van der Waals surface area contributed by atoms with Crippen molar-refractivity contribution < 1.29 is 4.79 Å².